The summed E-state index contributed by atoms with van der Waals surface area (Å²) >= 11 is 0. The van der Waals surface area contributed by atoms with E-state index in [1.54, 1.807) is 4.68 Å². The standard InChI is InChI=1S/C18H19N7O/c26-18(15-11-20-22-17(15)13-7-3-1-4-8-13)19-12-16-21-23-24-25(16)14-9-5-2-6-10-14/h1-10,15,17,20,22H,11-12H2,(H,19,26). The zero-order chi connectivity index (χ0) is 17.8. The highest BCUT2D eigenvalue weighted by atomic mass is 16.2. The summed E-state index contributed by atoms with van der Waals surface area (Å²) in [7, 11) is 0. The van der Waals surface area contributed by atoms with Crippen LogP contribution in [-0.2, 0) is 11.3 Å². The van der Waals surface area contributed by atoms with Crippen LogP contribution in [0.1, 0.15) is 17.4 Å². The first-order valence-electron chi connectivity index (χ1n) is 8.46. The van der Waals surface area contributed by atoms with Crippen molar-refractivity contribution in [2.75, 3.05) is 6.54 Å². The lowest BCUT2D eigenvalue weighted by Gasteiger charge is -2.18. The number of para-hydroxylation sites is 1. The maximum atomic E-state index is 12.7. The van der Waals surface area contributed by atoms with E-state index in [1.165, 1.54) is 0 Å². The normalized spacial score (nSPS) is 19.4. The average molecular weight is 349 g/mol. The van der Waals surface area contributed by atoms with Gasteiger partial charge < -0.3 is 5.32 Å². The zero-order valence-corrected chi connectivity index (χ0v) is 14.0. The van der Waals surface area contributed by atoms with E-state index in [-0.39, 0.29) is 24.4 Å². The third-order valence-electron chi connectivity index (χ3n) is 4.43. The van der Waals surface area contributed by atoms with Crippen molar-refractivity contribution in [3.05, 3.63) is 72.1 Å². The summed E-state index contributed by atoms with van der Waals surface area (Å²) in [6.45, 7) is 0.827. The topological polar surface area (TPSA) is 96.8 Å². The molecule has 1 aromatic heterocycles. The molecule has 2 aromatic carbocycles. The van der Waals surface area contributed by atoms with Crippen molar-refractivity contribution in [2.24, 2.45) is 5.92 Å². The number of hydrogen-bond acceptors (Lipinski definition) is 6. The van der Waals surface area contributed by atoms with Crippen LogP contribution in [0.2, 0.25) is 0 Å². The molecule has 132 valence electrons. The van der Waals surface area contributed by atoms with Crippen molar-refractivity contribution in [3.63, 3.8) is 0 Å². The molecule has 2 unspecified atom stereocenters. The molecular weight excluding hydrogens is 330 g/mol. The Morgan fingerprint density at radius 2 is 1.85 bits per heavy atom. The van der Waals surface area contributed by atoms with Crippen LogP contribution in [0.5, 0.6) is 0 Å². The molecule has 0 bridgehead atoms. The van der Waals surface area contributed by atoms with Crippen molar-refractivity contribution in [1.29, 1.82) is 0 Å². The Morgan fingerprint density at radius 1 is 1.12 bits per heavy atom. The predicted molar refractivity (Wildman–Crippen MR) is 94.8 cm³/mol. The molecule has 3 aromatic rings. The number of tetrazole rings is 1. The van der Waals surface area contributed by atoms with Gasteiger partial charge in [-0.05, 0) is 28.1 Å². The summed E-state index contributed by atoms with van der Waals surface area (Å²) in [6, 6.07) is 19.5. The Morgan fingerprint density at radius 3 is 2.62 bits per heavy atom. The SMILES string of the molecule is O=C(NCc1nnnn1-c1ccccc1)C1CNNC1c1ccccc1. The lowest BCUT2D eigenvalue weighted by Crippen LogP contribution is -2.35. The summed E-state index contributed by atoms with van der Waals surface area (Å²) in [4.78, 5) is 12.7. The summed E-state index contributed by atoms with van der Waals surface area (Å²) in [5.74, 6) is 0.331. The first kappa shape index (κ1) is 16.4. The molecule has 4 rings (SSSR count). The van der Waals surface area contributed by atoms with Gasteiger partial charge in [-0.1, -0.05) is 48.5 Å². The molecule has 1 fully saturated rings. The van der Waals surface area contributed by atoms with Crippen LogP contribution in [0, 0.1) is 5.92 Å². The summed E-state index contributed by atoms with van der Waals surface area (Å²) in [5, 5.41) is 14.7. The first-order chi connectivity index (χ1) is 12.8. The lowest BCUT2D eigenvalue weighted by molar-refractivity contribution is -0.125. The fourth-order valence-electron chi connectivity index (χ4n) is 3.10. The molecule has 1 aliphatic rings. The second kappa shape index (κ2) is 7.42. The van der Waals surface area contributed by atoms with Crippen molar-refractivity contribution >= 4 is 5.91 Å². The maximum absolute atomic E-state index is 12.7. The van der Waals surface area contributed by atoms with Crippen molar-refractivity contribution in [1.82, 2.24) is 36.4 Å². The summed E-state index contributed by atoms with van der Waals surface area (Å²) < 4.78 is 1.63. The Kier molecular flexibility index (Phi) is 4.67. The average Bonchev–Trinajstić information content (AvgIpc) is 3.37. The van der Waals surface area contributed by atoms with E-state index in [0.717, 1.165) is 11.3 Å². The van der Waals surface area contributed by atoms with Crippen LogP contribution in [0.4, 0.5) is 0 Å². The van der Waals surface area contributed by atoms with E-state index >= 15 is 0 Å². The second-order valence-electron chi connectivity index (χ2n) is 6.08. The van der Waals surface area contributed by atoms with E-state index in [9.17, 15) is 4.79 Å². The van der Waals surface area contributed by atoms with Gasteiger partial charge in [-0.25, -0.2) is 5.43 Å². The van der Waals surface area contributed by atoms with Gasteiger partial charge in [0.05, 0.1) is 24.2 Å². The Labute approximate surface area is 150 Å². The Hall–Kier alpha value is -3.10. The van der Waals surface area contributed by atoms with E-state index in [2.05, 4.69) is 31.7 Å². The summed E-state index contributed by atoms with van der Waals surface area (Å²) in [6.07, 6.45) is 0. The zero-order valence-electron chi connectivity index (χ0n) is 14.0. The molecule has 2 heterocycles. The third-order valence-corrected chi connectivity index (χ3v) is 4.43. The molecule has 3 N–H and O–H groups in total. The smallest absolute Gasteiger partial charge is 0.226 e. The van der Waals surface area contributed by atoms with Crippen LogP contribution >= 0.6 is 0 Å². The highest BCUT2D eigenvalue weighted by molar-refractivity contribution is 5.80. The van der Waals surface area contributed by atoms with Gasteiger partial charge in [0, 0.05) is 6.54 Å². The van der Waals surface area contributed by atoms with Gasteiger partial charge in [0.2, 0.25) is 5.91 Å². The monoisotopic (exact) mass is 349 g/mol. The molecule has 0 spiro atoms. The number of hydrogen-bond donors (Lipinski definition) is 3. The van der Waals surface area contributed by atoms with Crippen LogP contribution < -0.4 is 16.2 Å². The maximum Gasteiger partial charge on any atom is 0.226 e. The molecule has 8 heteroatoms. The fraction of sp³-hybridized carbons (Fsp3) is 0.222. The summed E-state index contributed by atoms with van der Waals surface area (Å²) in [5.41, 5.74) is 8.18. The van der Waals surface area contributed by atoms with E-state index < -0.39 is 0 Å². The van der Waals surface area contributed by atoms with Gasteiger partial charge >= 0.3 is 0 Å². The fourth-order valence-corrected chi connectivity index (χ4v) is 3.10. The number of carbonyl (C=O) groups excluding carboxylic acids is 1. The number of benzene rings is 2. The number of nitrogens with one attached hydrogen (secondary N) is 3. The molecule has 8 nitrogen and oxygen atoms in total. The number of carbonyl (C=O) groups is 1. The lowest BCUT2D eigenvalue weighted by atomic mass is 9.94. The van der Waals surface area contributed by atoms with Crippen molar-refractivity contribution in [2.45, 2.75) is 12.6 Å². The largest absolute Gasteiger partial charge is 0.348 e. The molecule has 1 aliphatic heterocycles. The Bertz CT molecular complexity index is 866. The molecule has 0 radical (unpaired) electrons. The third kappa shape index (κ3) is 3.32. The number of rotatable bonds is 5. The van der Waals surface area contributed by atoms with Gasteiger partial charge in [-0.3, -0.25) is 10.2 Å². The molecule has 1 saturated heterocycles. The van der Waals surface area contributed by atoms with Crippen LogP contribution in [0.3, 0.4) is 0 Å². The minimum atomic E-state index is -0.210. The van der Waals surface area contributed by atoms with Gasteiger partial charge in [-0.15, -0.1) is 5.10 Å². The molecular formula is C18H19N7O. The highest BCUT2D eigenvalue weighted by Crippen LogP contribution is 2.24. The Balaban J connectivity index is 1.44. The molecule has 1 amide bonds. The van der Waals surface area contributed by atoms with Crippen LogP contribution in [0.15, 0.2) is 60.7 Å². The molecule has 26 heavy (non-hydrogen) atoms. The van der Waals surface area contributed by atoms with Gasteiger partial charge in [0.1, 0.15) is 0 Å². The van der Waals surface area contributed by atoms with E-state index in [1.807, 2.05) is 60.7 Å². The predicted octanol–water partition coefficient (Wildman–Crippen LogP) is 0.744. The quantitative estimate of drug-likeness (QED) is 0.629. The minimum absolute atomic E-state index is 0.0426. The highest BCUT2D eigenvalue weighted by Gasteiger charge is 2.33. The molecule has 0 aliphatic carbocycles. The van der Waals surface area contributed by atoms with Gasteiger partial charge in [0.25, 0.3) is 0 Å². The number of amides is 1. The number of aromatic nitrogens is 4. The van der Waals surface area contributed by atoms with Crippen molar-refractivity contribution in [3.8, 4) is 5.69 Å². The van der Waals surface area contributed by atoms with Gasteiger partial charge in [-0.2, -0.15) is 4.68 Å². The first-order valence-corrected chi connectivity index (χ1v) is 8.46. The molecule has 0 saturated carbocycles. The van der Waals surface area contributed by atoms with Crippen LogP contribution in [-0.4, -0.2) is 32.7 Å². The van der Waals surface area contributed by atoms with Crippen LogP contribution in [0.25, 0.3) is 5.69 Å². The van der Waals surface area contributed by atoms with E-state index in [0.29, 0.717) is 12.4 Å². The minimum Gasteiger partial charge on any atom is -0.348 e. The number of hydrazine groups is 1. The molecule has 2 atom stereocenters. The second-order valence-corrected chi connectivity index (χ2v) is 6.08. The number of nitrogens with zero attached hydrogens (tertiary/aromatic N) is 4. The van der Waals surface area contributed by atoms with Gasteiger partial charge in [0.15, 0.2) is 5.82 Å². The van der Waals surface area contributed by atoms with E-state index in [4.69, 9.17) is 0 Å². The van der Waals surface area contributed by atoms with Crippen molar-refractivity contribution < 1.29 is 4.79 Å².